The largest absolute Gasteiger partial charge is 0.467 e. The van der Waals surface area contributed by atoms with Gasteiger partial charge in [0.2, 0.25) is 0 Å². The number of furan rings is 1. The fraction of sp³-hybridized carbons (Fsp3) is 0.190. The van der Waals surface area contributed by atoms with E-state index in [4.69, 9.17) is 4.42 Å². The van der Waals surface area contributed by atoms with Gasteiger partial charge in [-0.05, 0) is 42.0 Å². The zero-order valence-electron chi connectivity index (χ0n) is 15.4. The zero-order valence-corrected chi connectivity index (χ0v) is 15.4. The van der Waals surface area contributed by atoms with E-state index in [0.29, 0.717) is 12.3 Å². The Morgan fingerprint density at radius 2 is 1.74 bits per heavy atom. The molecule has 0 fully saturated rings. The maximum atomic E-state index is 13.9. The van der Waals surface area contributed by atoms with Crippen molar-refractivity contribution in [3.05, 3.63) is 84.1 Å². The fourth-order valence-electron chi connectivity index (χ4n) is 2.67. The average molecular weight is 367 g/mol. The number of nitrogens with one attached hydrogen (secondary N) is 1. The number of benzene rings is 2. The van der Waals surface area contributed by atoms with Gasteiger partial charge in [0.05, 0.1) is 18.5 Å². The number of hydrogen-bond acceptors (Lipinski definition) is 3. The molecule has 0 atom stereocenters. The predicted octanol–water partition coefficient (Wildman–Crippen LogP) is 4.72. The van der Waals surface area contributed by atoms with E-state index >= 15 is 0 Å². The minimum Gasteiger partial charge on any atom is -0.467 e. The van der Waals surface area contributed by atoms with Crippen LogP contribution >= 0.6 is 0 Å². The van der Waals surface area contributed by atoms with Gasteiger partial charge < -0.3 is 19.5 Å². The Labute approximate surface area is 158 Å². The maximum Gasteiger partial charge on any atom is 0.322 e. The van der Waals surface area contributed by atoms with Crippen molar-refractivity contribution in [3.8, 4) is 0 Å². The summed E-state index contributed by atoms with van der Waals surface area (Å²) in [5.41, 5.74) is 2.19. The molecule has 0 radical (unpaired) electrons. The number of urea groups is 1. The Morgan fingerprint density at radius 1 is 1.00 bits per heavy atom. The summed E-state index contributed by atoms with van der Waals surface area (Å²) in [7, 11) is 3.94. The molecule has 5 nitrogen and oxygen atoms in total. The van der Waals surface area contributed by atoms with Crippen LogP contribution in [0.2, 0.25) is 0 Å². The van der Waals surface area contributed by atoms with Gasteiger partial charge in [0.25, 0.3) is 0 Å². The van der Waals surface area contributed by atoms with E-state index in [9.17, 15) is 9.18 Å². The van der Waals surface area contributed by atoms with Crippen LogP contribution in [0.1, 0.15) is 11.3 Å². The van der Waals surface area contributed by atoms with E-state index in [1.54, 1.807) is 35.4 Å². The van der Waals surface area contributed by atoms with Crippen molar-refractivity contribution in [3.63, 3.8) is 0 Å². The van der Waals surface area contributed by atoms with E-state index in [0.717, 1.165) is 11.3 Å². The minimum atomic E-state index is -0.473. The van der Waals surface area contributed by atoms with Gasteiger partial charge in [0.15, 0.2) is 0 Å². The monoisotopic (exact) mass is 367 g/mol. The molecule has 3 rings (SSSR count). The molecule has 140 valence electrons. The molecule has 2 amide bonds. The number of rotatable bonds is 6. The quantitative estimate of drug-likeness (QED) is 0.686. The topological polar surface area (TPSA) is 48.7 Å². The molecule has 0 unspecified atom stereocenters. The minimum absolute atomic E-state index is 0.148. The van der Waals surface area contributed by atoms with Gasteiger partial charge in [0, 0.05) is 26.3 Å². The highest BCUT2D eigenvalue weighted by molar-refractivity contribution is 5.89. The molecule has 0 saturated heterocycles. The van der Waals surface area contributed by atoms with Crippen LogP contribution in [0.15, 0.2) is 71.3 Å². The van der Waals surface area contributed by atoms with E-state index in [1.165, 1.54) is 12.1 Å². The average Bonchev–Trinajstić information content (AvgIpc) is 3.16. The molecule has 6 heteroatoms. The van der Waals surface area contributed by atoms with Crippen molar-refractivity contribution in [2.75, 3.05) is 24.3 Å². The SMILES string of the molecule is CN(C)c1ccc(CN(Cc2ccco2)C(=O)Nc2ccccc2F)cc1. The maximum absolute atomic E-state index is 13.9. The van der Waals surface area contributed by atoms with E-state index < -0.39 is 11.8 Å². The number of halogens is 1. The highest BCUT2D eigenvalue weighted by Gasteiger charge is 2.17. The first-order chi connectivity index (χ1) is 13.0. The van der Waals surface area contributed by atoms with Gasteiger partial charge in [-0.3, -0.25) is 0 Å². The van der Waals surface area contributed by atoms with E-state index in [1.807, 2.05) is 43.3 Å². The van der Waals surface area contributed by atoms with Gasteiger partial charge in [-0.15, -0.1) is 0 Å². The highest BCUT2D eigenvalue weighted by Crippen LogP contribution is 2.18. The lowest BCUT2D eigenvalue weighted by Gasteiger charge is -2.23. The predicted molar refractivity (Wildman–Crippen MR) is 104 cm³/mol. The molecule has 0 aliphatic heterocycles. The van der Waals surface area contributed by atoms with Crippen LogP contribution in [-0.2, 0) is 13.1 Å². The van der Waals surface area contributed by atoms with Crippen LogP contribution in [0.25, 0.3) is 0 Å². The summed E-state index contributed by atoms with van der Waals surface area (Å²) in [6, 6.07) is 17.2. The van der Waals surface area contributed by atoms with Crippen molar-refractivity contribution in [2.45, 2.75) is 13.1 Å². The third kappa shape index (κ3) is 4.88. The Morgan fingerprint density at radius 3 is 2.37 bits per heavy atom. The Kier molecular flexibility index (Phi) is 5.76. The molecule has 1 heterocycles. The number of carbonyl (C=O) groups is 1. The highest BCUT2D eigenvalue weighted by atomic mass is 19.1. The zero-order chi connectivity index (χ0) is 19.2. The number of carbonyl (C=O) groups excluding carboxylic acids is 1. The van der Waals surface area contributed by atoms with Gasteiger partial charge in [-0.2, -0.15) is 0 Å². The Hall–Kier alpha value is -3.28. The second-order valence-corrected chi connectivity index (χ2v) is 6.41. The fourth-order valence-corrected chi connectivity index (χ4v) is 2.67. The van der Waals surface area contributed by atoms with Crippen molar-refractivity contribution < 1.29 is 13.6 Å². The lowest BCUT2D eigenvalue weighted by Crippen LogP contribution is -2.34. The summed E-state index contributed by atoms with van der Waals surface area (Å²) in [5.74, 6) is 0.183. The lowest BCUT2D eigenvalue weighted by molar-refractivity contribution is 0.201. The first-order valence-electron chi connectivity index (χ1n) is 8.62. The molecular formula is C21H22FN3O2. The second-order valence-electron chi connectivity index (χ2n) is 6.41. The summed E-state index contributed by atoms with van der Waals surface area (Å²) in [4.78, 5) is 16.4. The molecule has 1 aromatic heterocycles. The number of para-hydroxylation sites is 1. The second kappa shape index (κ2) is 8.40. The molecule has 0 bridgehead atoms. The number of anilines is 2. The summed E-state index contributed by atoms with van der Waals surface area (Å²) < 4.78 is 19.3. The molecule has 0 saturated carbocycles. The molecule has 1 N–H and O–H groups in total. The van der Waals surface area contributed by atoms with Crippen molar-refractivity contribution in [1.82, 2.24) is 4.90 Å². The normalized spacial score (nSPS) is 10.5. The van der Waals surface area contributed by atoms with Crippen LogP contribution in [-0.4, -0.2) is 25.0 Å². The number of nitrogens with zero attached hydrogens (tertiary/aromatic N) is 2. The first-order valence-corrected chi connectivity index (χ1v) is 8.62. The third-order valence-corrected chi connectivity index (χ3v) is 4.16. The van der Waals surface area contributed by atoms with E-state index in [-0.39, 0.29) is 12.2 Å². The van der Waals surface area contributed by atoms with Crippen LogP contribution in [0, 0.1) is 5.82 Å². The Bertz CT molecular complexity index is 877. The van der Waals surface area contributed by atoms with Crippen LogP contribution in [0.5, 0.6) is 0 Å². The van der Waals surface area contributed by atoms with Crippen LogP contribution in [0.3, 0.4) is 0 Å². The first kappa shape index (κ1) is 18.5. The summed E-state index contributed by atoms with van der Waals surface area (Å²) in [6.45, 7) is 0.650. The summed E-state index contributed by atoms with van der Waals surface area (Å²) >= 11 is 0. The van der Waals surface area contributed by atoms with Crippen LogP contribution in [0.4, 0.5) is 20.6 Å². The smallest absolute Gasteiger partial charge is 0.322 e. The molecule has 27 heavy (non-hydrogen) atoms. The van der Waals surface area contributed by atoms with Crippen molar-refractivity contribution in [1.29, 1.82) is 0 Å². The summed E-state index contributed by atoms with van der Waals surface area (Å²) in [5, 5.41) is 2.63. The van der Waals surface area contributed by atoms with Crippen molar-refractivity contribution in [2.24, 2.45) is 0 Å². The van der Waals surface area contributed by atoms with Gasteiger partial charge >= 0.3 is 6.03 Å². The number of amides is 2. The molecule has 0 aliphatic carbocycles. The standard InChI is InChI=1S/C21H22FN3O2/c1-24(2)17-11-9-16(10-12-17)14-25(15-18-6-5-13-27-18)21(26)23-20-8-4-3-7-19(20)22/h3-13H,14-15H2,1-2H3,(H,23,26). The van der Waals surface area contributed by atoms with Gasteiger partial charge in [-0.1, -0.05) is 24.3 Å². The lowest BCUT2D eigenvalue weighted by atomic mass is 10.2. The molecular weight excluding hydrogens is 345 g/mol. The molecule has 3 aromatic rings. The molecule has 0 aliphatic rings. The Balaban J connectivity index is 1.77. The van der Waals surface area contributed by atoms with Gasteiger partial charge in [0.1, 0.15) is 11.6 Å². The number of hydrogen-bond donors (Lipinski definition) is 1. The molecule has 0 spiro atoms. The van der Waals surface area contributed by atoms with Crippen molar-refractivity contribution >= 4 is 17.4 Å². The van der Waals surface area contributed by atoms with Crippen LogP contribution < -0.4 is 10.2 Å². The molecule has 2 aromatic carbocycles. The van der Waals surface area contributed by atoms with E-state index in [2.05, 4.69) is 5.32 Å². The summed E-state index contributed by atoms with van der Waals surface area (Å²) in [6.07, 6.45) is 1.56. The third-order valence-electron chi connectivity index (χ3n) is 4.16. The van der Waals surface area contributed by atoms with Gasteiger partial charge in [-0.25, -0.2) is 9.18 Å².